The van der Waals surface area contributed by atoms with Gasteiger partial charge in [0.15, 0.2) is 0 Å². The molecule has 1 unspecified atom stereocenters. The molecular formula is C22H18ClF4N3O3. The summed E-state index contributed by atoms with van der Waals surface area (Å²) in [6, 6.07) is 13.3. The van der Waals surface area contributed by atoms with Crippen molar-refractivity contribution < 1.29 is 32.3 Å². The van der Waals surface area contributed by atoms with Gasteiger partial charge in [0.2, 0.25) is 0 Å². The number of anilines is 1. The van der Waals surface area contributed by atoms with E-state index in [9.17, 15) is 22.4 Å². The maximum Gasteiger partial charge on any atom is 0.490 e. The zero-order valence-electron chi connectivity index (χ0n) is 16.9. The van der Waals surface area contributed by atoms with Gasteiger partial charge in [-0.1, -0.05) is 11.6 Å². The predicted molar refractivity (Wildman–Crippen MR) is 115 cm³/mol. The van der Waals surface area contributed by atoms with Crippen LogP contribution in [0.15, 0.2) is 54.7 Å². The lowest BCUT2D eigenvalue weighted by Crippen LogP contribution is -2.37. The Bertz CT molecular complexity index is 1160. The second kappa shape index (κ2) is 10.0. The van der Waals surface area contributed by atoms with Gasteiger partial charge in [0.05, 0.1) is 5.52 Å². The van der Waals surface area contributed by atoms with Gasteiger partial charge >= 0.3 is 12.1 Å². The maximum absolute atomic E-state index is 13.0. The van der Waals surface area contributed by atoms with Crippen LogP contribution in [0.5, 0.6) is 0 Å². The van der Waals surface area contributed by atoms with Gasteiger partial charge in [0, 0.05) is 47.0 Å². The van der Waals surface area contributed by atoms with Gasteiger partial charge in [-0.05, 0) is 55.0 Å². The molecule has 33 heavy (non-hydrogen) atoms. The monoisotopic (exact) mass is 483 g/mol. The van der Waals surface area contributed by atoms with E-state index in [1.807, 2.05) is 24.3 Å². The molecule has 0 aliphatic carbocycles. The number of hydrogen-bond donors (Lipinski definition) is 2. The van der Waals surface area contributed by atoms with Crippen molar-refractivity contribution in [1.82, 2.24) is 10.3 Å². The van der Waals surface area contributed by atoms with Gasteiger partial charge < -0.3 is 15.3 Å². The molecule has 174 valence electrons. The quantitative estimate of drug-likeness (QED) is 0.529. The number of pyridine rings is 1. The number of nitrogens with zero attached hydrogens (tertiary/aromatic N) is 2. The Hall–Kier alpha value is -3.40. The highest BCUT2D eigenvalue weighted by Crippen LogP contribution is 2.29. The first-order valence-corrected chi connectivity index (χ1v) is 10.1. The van der Waals surface area contributed by atoms with Crippen molar-refractivity contribution in [2.24, 2.45) is 0 Å². The minimum atomic E-state index is -5.08. The molecule has 1 aliphatic heterocycles. The summed E-state index contributed by atoms with van der Waals surface area (Å²) in [6.45, 7) is 1.56. The smallest absolute Gasteiger partial charge is 0.475 e. The van der Waals surface area contributed by atoms with Crippen LogP contribution in [0.3, 0.4) is 0 Å². The fourth-order valence-electron chi connectivity index (χ4n) is 3.35. The number of carbonyl (C=O) groups excluding carboxylic acids is 1. The summed E-state index contributed by atoms with van der Waals surface area (Å²) in [4.78, 5) is 27.8. The van der Waals surface area contributed by atoms with E-state index in [4.69, 9.17) is 21.5 Å². The molecule has 0 bridgehead atoms. The number of aromatic nitrogens is 1. The number of carboxylic acids is 1. The molecule has 0 saturated carbocycles. The first kappa shape index (κ1) is 24.2. The summed E-state index contributed by atoms with van der Waals surface area (Å²) in [5, 5.41) is 11.9. The third-order valence-electron chi connectivity index (χ3n) is 4.89. The number of nitrogens with one attached hydrogen (secondary N) is 1. The molecule has 1 fully saturated rings. The van der Waals surface area contributed by atoms with Crippen LogP contribution in [-0.4, -0.2) is 47.3 Å². The molecule has 2 heterocycles. The van der Waals surface area contributed by atoms with Crippen molar-refractivity contribution in [3.8, 4) is 0 Å². The molecule has 1 aromatic heterocycles. The van der Waals surface area contributed by atoms with Crippen LogP contribution in [0, 0.1) is 5.82 Å². The molecule has 0 radical (unpaired) electrons. The van der Waals surface area contributed by atoms with Gasteiger partial charge in [-0.25, -0.2) is 9.18 Å². The van der Waals surface area contributed by atoms with Crippen LogP contribution in [0.2, 0.25) is 5.02 Å². The Balaban J connectivity index is 0.000000383. The van der Waals surface area contributed by atoms with Crippen LogP contribution in [0.25, 0.3) is 10.9 Å². The van der Waals surface area contributed by atoms with Crippen molar-refractivity contribution in [2.45, 2.75) is 18.6 Å². The van der Waals surface area contributed by atoms with Crippen molar-refractivity contribution >= 4 is 40.1 Å². The van der Waals surface area contributed by atoms with Crippen molar-refractivity contribution in [1.29, 1.82) is 0 Å². The first-order chi connectivity index (χ1) is 15.5. The van der Waals surface area contributed by atoms with E-state index >= 15 is 0 Å². The minimum absolute atomic E-state index is 0.0445. The fourth-order valence-corrected chi connectivity index (χ4v) is 3.52. The number of carbonyl (C=O) groups is 2. The van der Waals surface area contributed by atoms with Gasteiger partial charge in [-0.3, -0.25) is 9.78 Å². The Morgan fingerprint density at radius 1 is 1.12 bits per heavy atom. The SMILES string of the molecule is O=C(NC1CCN(c2ccnc3cc(Cl)ccc23)C1)c1ccc(F)cc1.O=C(O)C(F)(F)F. The number of halogens is 5. The number of rotatable bonds is 3. The van der Waals surface area contributed by atoms with Crippen molar-refractivity contribution in [3.63, 3.8) is 0 Å². The Morgan fingerprint density at radius 2 is 1.79 bits per heavy atom. The largest absolute Gasteiger partial charge is 0.490 e. The molecule has 1 amide bonds. The van der Waals surface area contributed by atoms with E-state index in [-0.39, 0.29) is 17.8 Å². The fraction of sp³-hybridized carbons (Fsp3) is 0.227. The molecule has 11 heteroatoms. The summed E-state index contributed by atoms with van der Waals surface area (Å²) >= 11 is 6.05. The lowest BCUT2D eigenvalue weighted by atomic mass is 10.1. The summed E-state index contributed by atoms with van der Waals surface area (Å²) in [7, 11) is 0. The minimum Gasteiger partial charge on any atom is -0.475 e. The van der Waals surface area contributed by atoms with E-state index in [1.54, 1.807) is 6.20 Å². The molecule has 4 rings (SSSR count). The van der Waals surface area contributed by atoms with Crippen LogP contribution < -0.4 is 10.2 Å². The second-order valence-electron chi connectivity index (χ2n) is 7.21. The number of carboxylic acid groups (broad SMARTS) is 1. The molecule has 0 spiro atoms. The van der Waals surface area contributed by atoms with Crippen LogP contribution in [0.4, 0.5) is 23.2 Å². The van der Waals surface area contributed by atoms with E-state index in [1.165, 1.54) is 24.3 Å². The molecule has 2 N–H and O–H groups in total. The number of hydrogen-bond acceptors (Lipinski definition) is 4. The lowest BCUT2D eigenvalue weighted by molar-refractivity contribution is -0.192. The Kier molecular flexibility index (Phi) is 7.37. The molecular weight excluding hydrogens is 466 g/mol. The van der Waals surface area contributed by atoms with Gasteiger partial charge in [0.1, 0.15) is 5.82 Å². The average Bonchev–Trinajstić information content (AvgIpc) is 3.21. The van der Waals surface area contributed by atoms with Gasteiger partial charge in [-0.2, -0.15) is 13.2 Å². The van der Waals surface area contributed by atoms with E-state index in [2.05, 4.69) is 15.2 Å². The molecule has 1 atom stereocenters. The number of amides is 1. The van der Waals surface area contributed by atoms with Gasteiger partial charge in [0.25, 0.3) is 5.91 Å². The number of alkyl halides is 3. The third kappa shape index (κ3) is 6.32. The highest BCUT2D eigenvalue weighted by atomic mass is 35.5. The molecule has 1 aliphatic rings. The Labute approximate surface area is 190 Å². The van der Waals surface area contributed by atoms with Gasteiger partial charge in [-0.15, -0.1) is 0 Å². The molecule has 1 saturated heterocycles. The number of fused-ring (bicyclic) bond motifs is 1. The maximum atomic E-state index is 13.0. The topological polar surface area (TPSA) is 82.5 Å². The number of benzene rings is 2. The summed E-state index contributed by atoms with van der Waals surface area (Å²) in [6.07, 6.45) is -2.46. The molecule has 2 aromatic carbocycles. The highest BCUT2D eigenvalue weighted by molar-refractivity contribution is 6.31. The molecule has 6 nitrogen and oxygen atoms in total. The van der Waals surface area contributed by atoms with Crippen LogP contribution >= 0.6 is 11.6 Å². The predicted octanol–water partition coefficient (Wildman–Crippen LogP) is 4.67. The molecule has 3 aromatic rings. The third-order valence-corrected chi connectivity index (χ3v) is 5.13. The first-order valence-electron chi connectivity index (χ1n) is 9.70. The van der Waals surface area contributed by atoms with Crippen LogP contribution in [0.1, 0.15) is 16.8 Å². The standard InChI is InChI=1S/C20H17ClFN3O.C2HF3O2/c21-14-3-6-17-18(11-14)23-9-7-19(17)25-10-8-16(12-25)24-20(26)13-1-4-15(22)5-2-13;3-2(4,5)1(6)7/h1-7,9,11,16H,8,10,12H2,(H,24,26);(H,6,7). The van der Waals surface area contributed by atoms with Crippen LogP contribution in [-0.2, 0) is 4.79 Å². The zero-order valence-corrected chi connectivity index (χ0v) is 17.7. The summed E-state index contributed by atoms with van der Waals surface area (Å²) < 4.78 is 44.7. The Morgan fingerprint density at radius 3 is 2.42 bits per heavy atom. The average molecular weight is 484 g/mol. The van der Waals surface area contributed by atoms with Crippen molar-refractivity contribution in [2.75, 3.05) is 18.0 Å². The number of aliphatic carboxylic acids is 1. The second-order valence-corrected chi connectivity index (χ2v) is 7.64. The van der Waals surface area contributed by atoms with E-state index in [0.29, 0.717) is 17.1 Å². The van der Waals surface area contributed by atoms with E-state index < -0.39 is 12.1 Å². The summed E-state index contributed by atoms with van der Waals surface area (Å²) in [5.41, 5.74) is 2.41. The summed E-state index contributed by atoms with van der Waals surface area (Å²) in [5.74, 6) is -3.28. The zero-order chi connectivity index (χ0) is 24.2. The lowest BCUT2D eigenvalue weighted by Gasteiger charge is -2.21. The van der Waals surface area contributed by atoms with E-state index in [0.717, 1.165) is 29.6 Å². The normalized spacial score (nSPS) is 15.7. The van der Waals surface area contributed by atoms with Crippen molar-refractivity contribution in [3.05, 3.63) is 71.1 Å². The highest BCUT2D eigenvalue weighted by Gasteiger charge is 2.38.